The molecule has 0 saturated heterocycles. The Morgan fingerprint density at radius 1 is 0.688 bits per heavy atom. The van der Waals surface area contributed by atoms with Gasteiger partial charge in [-0.3, -0.25) is 4.79 Å². The first-order chi connectivity index (χ1) is 6.98. The van der Waals surface area contributed by atoms with Crippen LogP contribution >= 0.6 is 0 Å². The van der Waals surface area contributed by atoms with Crippen LogP contribution in [0.2, 0.25) is 0 Å². The Bertz CT molecular complexity index is 369. The van der Waals surface area contributed by atoms with Crippen molar-refractivity contribution in [3.8, 4) is 0 Å². The zero-order valence-electron chi connectivity index (χ0n) is 6.93. The predicted octanol–water partition coefficient (Wildman–Crippen LogP) is 3.14. The van der Waals surface area contributed by atoms with Crippen LogP contribution in [0.25, 0.3) is 0 Å². The number of hydrogen-bond donors (Lipinski definition) is 0. The quantitative estimate of drug-likeness (QED) is 0.605. The standard InChI is InChI=1S/C7F8O/c8-3-1(6(10,11)12)5(16)2(4(3)9)7(13,14)15. The number of ketones is 1. The second kappa shape index (κ2) is 3.29. The summed E-state index contributed by atoms with van der Waals surface area (Å²) >= 11 is 0. The second-order valence-electron chi connectivity index (χ2n) is 2.70. The van der Waals surface area contributed by atoms with Gasteiger partial charge in [0.2, 0.25) is 5.78 Å². The van der Waals surface area contributed by atoms with Gasteiger partial charge in [0, 0.05) is 0 Å². The topological polar surface area (TPSA) is 17.1 Å². The van der Waals surface area contributed by atoms with Crippen LogP contribution in [0.5, 0.6) is 0 Å². The highest BCUT2D eigenvalue weighted by Crippen LogP contribution is 2.45. The molecule has 9 heteroatoms. The first-order valence-electron chi connectivity index (χ1n) is 3.47. The Morgan fingerprint density at radius 2 is 0.938 bits per heavy atom. The van der Waals surface area contributed by atoms with Gasteiger partial charge in [-0.05, 0) is 0 Å². The monoisotopic (exact) mass is 252 g/mol. The molecule has 0 spiro atoms. The van der Waals surface area contributed by atoms with Crippen LogP contribution in [0.4, 0.5) is 35.1 Å². The van der Waals surface area contributed by atoms with E-state index in [-0.39, 0.29) is 0 Å². The van der Waals surface area contributed by atoms with E-state index in [1.54, 1.807) is 0 Å². The lowest BCUT2D eigenvalue weighted by Crippen LogP contribution is -2.25. The van der Waals surface area contributed by atoms with E-state index in [1.165, 1.54) is 0 Å². The summed E-state index contributed by atoms with van der Waals surface area (Å²) in [6, 6.07) is 0. The van der Waals surface area contributed by atoms with E-state index in [0.717, 1.165) is 0 Å². The molecule has 1 aliphatic carbocycles. The number of carbonyl (C=O) groups is 1. The van der Waals surface area contributed by atoms with E-state index in [0.29, 0.717) is 0 Å². The molecule has 0 aliphatic heterocycles. The summed E-state index contributed by atoms with van der Waals surface area (Å²) in [6.45, 7) is 0. The fourth-order valence-electron chi connectivity index (χ4n) is 1.05. The summed E-state index contributed by atoms with van der Waals surface area (Å²) in [5.41, 5.74) is -5.53. The molecule has 0 bridgehead atoms. The average Bonchev–Trinajstić information content (AvgIpc) is 2.19. The third kappa shape index (κ3) is 1.81. The summed E-state index contributed by atoms with van der Waals surface area (Å²) in [4.78, 5) is 10.6. The maximum absolute atomic E-state index is 12.5. The van der Waals surface area contributed by atoms with Gasteiger partial charge in [0.05, 0.1) is 0 Å². The summed E-state index contributed by atoms with van der Waals surface area (Å²) < 4.78 is 96.5. The maximum atomic E-state index is 12.5. The van der Waals surface area contributed by atoms with Gasteiger partial charge in [-0.2, -0.15) is 26.3 Å². The van der Waals surface area contributed by atoms with Crippen LogP contribution in [0, 0.1) is 0 Å². The second-order valence-corrected chi connectivity index (χ2v) is 2.70. The minimum Gasteiger partial charge on any atom is -0.288 e. The normalized spacial score (nSPS) is 18.9. The van der Waals surface area contributed by atoms with Gasteiger partial charge in [-0.25, -0.2) is 8.78 Å². The van der Waals surface area contributed by atoms with Crippen LogP contribution in [0.15, 0.2) is 22.8 Å². The molecule has 16 heavy (non-hydrogen) atoms. The Labute approximate surface area is 82.0 Å². The Balaban J connectivity index is 3.35. The number of rotatable bonds is 0. The molecule has 0 N–H and O–H groups in total. The van der Waals surface area contributed by atoms with Crippen molar-refractivity contribution in [1.29, 1.82) is 0 Å². The summed E-state index contributed by atoms with van der Waals surface area (Å²) in [5, 5.41) is 0. The van der Waals surface area contributed by atoms with Crippen molar-refractivity contribution in [2.75, 3.05) is 0 Å². The largest absolute Gasteiger partial charge is 0.423 e. The van der Waals surface area contributed by atoms with Crippen LogP contribution in [0.3, 0.4) is 0 Å². The van der Waals surface area contributed by atoms with E-state index < -0.39 is 40.9 Å². The van der Waals surface area contributed by atoms with E-state index in [1.807, 2.05) is 0 Å². The zero-order chi connectivity index (χ0) is 12.9. The molecule has 90 valence electrons. The fourth-order valence-corrected chi connectivity index (χ4v) is 1.05. The molecule has 0 aromatic carbocycles. The third-order valence-corrected chi connectivity index (χ3v) is 1.65. The molecule has 0 fully saturated rings. The number of allylic oxidation sites excluding steroid dienone is 4. The minimum atomic E-state index is -5.68. The van der Waals surface area contributed by atoms with Crippen LogP contribution in [0.1, 0.15) is 0 Å². The summed E-state index contributed by atoms with van der Waals surface area (Å²) in [7, 11) is 0. The molecule has 0 unspecified atom stereocenters. The molecular formula is C7F8O. The number of carbonyl (C=O) groups excluding carboxylic acids is 1. The highest BCUT2D eigenvalue weighted by molar-refractivity contribution is 6.14. The van der Waals surface area contributed by atoms with Gasteiger partial charge in [0.1, 0.15) is 11.1 Å². The van der Waals surface area contributed by atoms with Crippen LogP contribution in [-0.2, 0) is 4.79 Å². The average molecular weight is 252 g/mol. The Hall–Kier alpha value is -1.41. The predicted molar refractivity (Wildman–Crippen MR) is 33.4 cm³/mol. The molecule has 1 rings (SSSR count). The maximum Gasteiger partial charge on any atom is 0.423 e. The zero-order valence-corrected chi connectivity index (χ0v) is 6.93. The highest BCUT2D eigenvalue weighted by Gasteiger charge is 2.56. The number of hydrogen-bond acceptors (Lipinski definition) is 1. The number of alkyl halides is 6. The van der Waals surface area contributed by atoms with E-state index in [9.17, 15) is 39.9 Å². The summed E-state index contributed by atoms with van der Waals surface area (Å²) in [6.07, 6.45) is -11.4. The van der Waals surface area contributed by atoms with E-state index >= 15 is 0 Å². The minimum absolute atomic E-state index is 2.74. The van der Waals surface area contributed by atoms with Crippen molar-refractivity contribution in [1.82, 2.24) is 0 Å². The number of Topliss-reactive ketones (excluding diaryl/α,β-unsaturated/α-hetero) is 1. The van der Waals surface area contributed by atoms with Crippen molar-refractivity contribution in [2.24, 2.45) is 0 Å². The van der Waals surface area contributed by atoms with E-state index in [4.69, 9.17) is 0 Å². The molecule has 0 heterocycles. The molecule has 0 aromatic heterocycles. The van der Waals surface area contributed by atoms with Crippen molar-refractivity contribution in [2.45, 2.75) is 12.4 Å². The first kappa shape index (κ1) is 12.7. The van der Waals surface area contributed by atoms with Gasteiger partial charge < -0.3 is 0 Å². The molecule has 0 saturated carbocycles. The van der Waals surface area contributed by atoms with Crippen molar-refractivity contribution < 1.29 is 39.9 Å². The van der Waals surface area contributed by atoms with Crippen molar-refractivity contribution in [3.05, 3.63) is 22.8 Å². The molecule has 1 aliphatic rings. The van der Waals surface area contributed by atoms with Crippen LogP contribution in [-0.4, -0.2) is 18.1 Å². The van der Waals surface area contributed by atoms with Gasteiger partial charge in [0.15, 0.2) is 11.7 Å². The van der Waals surface area contributed by atoms with Gasteiger partial charge >= 0.3 is 12.4 Å². The van der Waals surface area contributed by atoms with Crippen molar-refractivity contribution in [3.63, 3.8) is 0 Å². The van der Waals surface area contributed by atoms with Crippen LogP contribution < -0.4 is 0 Å². The summed E-state index contributed by atoms with van der Waals surface area (Å²) in [5.74, 6) is -8.40. The van der Waals surface area contributed by atoms with Gasteiger partial charge in [0.25, 0.3) is 0 Å². The van der Waals surface area contributed by atoms with Gasteiger partial charge in [-0.15, -0.1) is 0 Å². The molecule has 0 atom stereocenters. The lowest BCUT2D eigenvalue weighted by molar-refractivity contribution is -0.135. The lowest BCUT2D eigenvalue weighted by Gasteiger charge is -2.08. The highest BCUT2D eigenvalue weighted by atomic mass is 19.4. The first-order valence-corrected chi connectivity index (χ1v) is 3.47. The third-order valence-electron chi connectivity index (χ3n) is 1.65. The lowest BCUT2D eigenvalue weighted by atomic mass is 10.1. The molecule has 1 nitrogen and oxygen atoms in total. The van der Waals surface area contributed by atoms with Gasteiger partial charge in [-0.1, -0.05) is 0 Å². The molecule has 0 aromatic rings. The molecule has 0 amide bonds. The Kier molecular flexibility index (Phi) is 2.60. The number of halogens is 8. The van der Waals surface area contributed by atoms with Crippen molar-refractivity contribution >= 4 is 5.78 Å². The molecular weight excluding hydrogens is 252 g/mol. The SMILES string of the molecule is O=C1C(C(F)(F)F)=C(F)C(F)=C1C(F)(F)F. The fraction of sp³-hybridized carbons (Fsp3) is 0.286. The van der Waals surface area contributed by atoms with E-state index in [2.05, 4.69) is 0 Å². The molecule has 0 radical (unpaired) electrons. The smallest absolute Gasteiger partial charge is 0.288 e. The Morgan fingerprint density at radius 3 is 1.06 bits per heavy atom.